The Morgan fingerprint density at radius 2 is 1.00 bits per heavy atom. The highest BCUT2D eigenvalue weighted by atomic mass is 16.5. The van der Waals surface area contributed by atoms with Crippen molar-refractivity contribution in [3.63, 3.8) is 0 Å². The molecule has 0 fully saturated rings. The van der Waals surface area contributed by atoms with Gasteiger partial charge in [-0.1, -0.05) is 85.5 Å². The van der Waals surface area contributed by atoms with Crippen LogP contribution in [0.2, 0.25) is 0 Å². The highest BCUT2D eigenvalue weighted by Gasteiger charge is 2.11. The fraction of sp³-hybridized carbons (Fsp3) is 0.548. The van der Waals surface area contributed by atoms with Gasteiger partial charge in [0.25, 0.3) is 0 Å². The molecule has 2 aromatic rings. The molecule has 0 unspecified atom stereocenters. The quantitative estimate of drug-likeness (QED) is 0.124. The van der Waals surface area contributed by atoms with Crippen LogP contribution in [0.15, 0.2) is 48.5 Å². The van der Waals surface area contributed by atoms with E-state index < -0.39 is 5.97 Å². The average molecular weight is 499 g/mol. The summed E-state index contributed by atoms with van der Waals surface area (Å²) in [4.78, 5) is 24.6. The lowest BCUT2D eigenvalue weighted by molar-refractivity contribution is 0.0497. The lowest BCUT2D eigenvalue weighted by Gasteiger charge is -2.08. The average Bonchev–Trinajstić information content (AvgIpc) is 2.92. The van der Waals surface area contributed by atoms with Crippen LogP contribution in [0.25, 0.3) is 0 Å². The minimum absolute atomic E-state index is 0.357. The summed E-state index contributed by atoms with van der Waals surface area (Å²) in [5.74, 6) is 0.317. The molecule has 0 bridgehead atoms. The maximum atomic E-state index is 12.4. The smallest absolute Gasteiger partial charge is 0.343 e. The normalized spacial score (nSPS) is 10.2. The zero-order valence-corrected chi connectivity index (χ0v) is 22.9. The highest BCUT2D eigenvalue weighted by Crippen LogP contribution is 2.18. The summed E-state index contributed by atoms with van der Waals surface area (Å²) in [5, 5.41) is 0. The van der Waals surface area contributed by atoms with Crippen LogP contribution < -0.4 is 9.47 Å². The van der Waals surface area contributed by atoms with E-state index in [0.717, 1.165) is 25.0 Å². The summed E-state index contributed by atoms with van der Waals surface area (Å²) >= 11 is 0. The highest BCUT2D eigenvalue weighted by molar-refractivity contribution is 5.92. The molecule has 36 heavy (non-hydrogen) atoms. The van der Waals surface area contributed by atoms with E-state index in [0.29, 0.717) is 30.1 Å². The molecule has 0 amide bonds. The molecule has 0 saturated carbocycles. The second-order valence-electron chi connectivity index (χ2n) is 8.60. The van der Waals surface area contributed by atoms with Crippen molar-refractivity contribution in [2.75, 3.05) is 13.2 Å². The van der Waals surface area contributed by atoms with Gasteiger partial charge in [0.2, 0.25) is 0 Å². The number of carbonyl (C=O) groups excluding carboxylic acids is 2. The zero-order chi connectivity index (χ0) is 26.4. The monoisotopic (exact) mass is 498 g/mol. The Balaban J connectivity index is 0.00000316. The van der Waals surface area contributed by atoms with Crippen molar-refractivity contribution in [1.82, 2.24) is 0 Å². The van der Waals surface area contributed by atoms with Gasteiger partial charge < -0.3 is 14.2 Å². The van der Waals surface area contributed by atoms with Gasteiger partial charge in [0, 0.05) is 0 Å². The Kier molecular flexibility index (Phi) is 17.7. The van der Waals surface area contributed by atoms with Crippen LogP contribution in [0.1, 0.15) is 119 Å². The van der Waals surface area contributed by atoms with Gasteiger partial charge in [-0.25, -0.2) is 9.59 Å². The predicted octanol–water partition coefficient (Wildman–Crippen LogP) is 8.80. The lowest BCUT2D eigenvalue weighted by atomic mass is 10.1. The van der Waals surface area contributed by atoms with E-state index in [1.54, 1.807) is 48.5 Å². The third-order valence-electron chi connectivity index (χ3n) is 5.64. The number of benzene rings is 2. The van der Waals surface area contributed by atoms with E-state index in [-0.39, 0.29) is 5.97 Å². The molecule has 0 aliphatic rings. The molecule has 200 valence electrons. The van der Waals surface area contributed by atoms with Gasteiger partial charge in [-0.3, -0.25) is 0 Å². The van der Waals surface area contributed by atoms with Gasteiger partial charge in [0.15, 0.2) is 0 Å². The van der Waals surface area contributed by atoms with Crippen molar-refractivity contribution in [2.45, 2.75) is 98.3 Å². The maximum Gasteiger partial charge on any atom is 0.343 e. The molecule has 0 N–H and O–H groups in total. The summed E-state index contributed by atoms with van der Waals surface area (Å²) < 4.78 is 16.5. The second kappa shape index (κ2) is 20.4. The van der Waals surface area contributed by atoms with Crippen molar-refractivity contribution < 1.29 is 23.8 Å². The standard InChI is InChI=1S/C29H40O5.C2H6/c1-3-5-7-9-11-12-22-32-26-18-14-25(15-19-26)29(31)34-27-20-16-24(17-21-27)28(30)33-23-13-10-8-6-4-2;1-2/h14-21H,3-13,22-23H2,1-2H3;1-2H3. The van der Waals surface area contributed by atoms with Gasteiger partial charge in [-0.2, -0.15) is 0 Å². The van der Waals surface area contributed by atoms with Crippen molar-refractivity contribution in [3.8, 4) is 11.5 Å². The molecule has 0 saturated heterocycles. The molecule has 2 aromatic carbocycles. The Bertz CT molecular complexity index is 827. The Morgan fingerprint density at radius 1 is 0.556 bits per heavy atom. The van der Waals surface area contributed by atoms with Crippen LogP contribution in [0.4, 0.5) is 0 Å². The molecule has 0 aliphatic heterocycles. The van der Waals surface area contributed by atoms with Crippen molar-refractivity contribution in [1.29, 1.82) is 0 Å². The molecule has 5 heteroatoms. The first-order chi connectivity index (χ1) is 17.6. The number of hydrogen-bond acceptors (Lipinski definition) is 5. The van der Waals surface area contributed by atoms with Crippen LogP contribution in [-0.4, -0.2) is 25.2 Å². The SMILES string of the molecule is CC.CCCCCCCCOc1ccc(C(=O)Oc2ccc(C(=O)OCCCCCCC)cc2)cc1. The van der Waals surface area contributed by atoms with Crippen LogP contribution >= 0.6 is 0 Å². The van der Waals surface area contributed by atoms with Gasteiger partial charge in [0.1, 0.15) is 11.5 Å². The number of esters is 2. The number of rotatable bonds is 17. The molecule has 0 aromatic heterocycles. The zero-order valence-electron chi connectivity index (χ0n) is 22.9. The molecule has 2 rings (SSSR count). The fourth-order valence-corrected chi connectivity index (χ4v) is 3.54. The Morgan fingerprint density at radius 3 is 1.56 bits per heavy atom. The van der Waals surface area contributed by atoms with Crippen LogP contribution in [-0.2, 0) is 4.74 Å². The first-order valence-electron chi connectivity index (χ1n) is 13.9. The third-order valence-corrected chi connectivity index (χ3v) is 5.64. The van der Waals surface area contributed by atoms with Crippen LogP contribution in [0.5, 0.6) is 11.5 Å². The van der Waals surface area contributed by atoms with Gasteiger partial charge in [-0.15, -0.1) is 0 Å². The number of carbonyl (C=O) groups is 2. The van der Waals surface area contributed by atoms with Crippen LogP contribution in [0.3, 0.4) is 0 Å². The molecule has 5 nitrogen and oxygen atoms in total. The predicted molar refractivity (Wildman–Crippen MR) is 147 cm³/mol. The molecular formula is C31H46O5. The number of ether oxygens (including phenoxy) is 3. The number of unbranched alkanes of at least 4 members (excludes halogenated alkanes) is 9. The molecule has 0 spiro atoms. The van der Waals surface area contributed by atoms with E-state index in [4.69, 9.17) is 14.2 Å². The molecular weight excluding hydrogens is 452 g/mol. The minimum atomic E-state index is -0.454. The maximum absolute atomic E-state index is 12.4. The van der Waals surface area contributed by atoms with E-state index in [1.165, 1.54) is 51.4 Å². The van der Waals surface area contributed by atoms with Gasteiger partial charge in [-0.05, 0) is 61.4 Å². The molecule has 0 aliphatic carbocycles. The van der Waals surface area contributed by atoms with Crippen LogP contribution in [0, 0.1) is 0 Å². The van der Waals surface area contributed by atoms with Crippen molar-refractivity contribution in [3.05, 3.63) is 59.7 Å². The minimum Gasteiger partial charge on any atom is -0.494 e. The van der Waals surface area contributed by atoms with Crippen molar-refractivity contribution in [2.24, 2.45) is 0 Å². The van der Waals surface area contributed by atoms with Gasteiger partial charge >= 0.3 is 11.9 Å². The fourth-order valence-electron chi connectivity index (χ4n) is 3.54. The Labute approximate surface area is 218 Å². The summed E-state index contributed by atoms with van der Waals surface area (Å²) in [6.07, 6.45) is 12.8. The first kappa shape index (κ1) is 31.2. The van der Waals surface area contributed by atoms with E-state index in [9.17, 15) is 9.59 Å². The topological polar surface area (TPSA) is 61.8 Å². The van der Waals surface area contributed by atoms with Crippen molar-refractivity contribution >= 4 is 11.9 Å². The van der Waals surface area contributed by atoms with E-state index in [1.807, 2.05) is 13.8 Å². The largest absolute Gasteiger partial charge is 0.494 e. The summed E-state index contributed by atoms with van der Waals surface area (Å²) in [7, 11) is 0. The summed E-state index contributed by atoms with van der Waals surface area (Å²) in [5.41, 5.74) is 0.888. The Hall–Kier alpha value is -2.82. The molecule has 0 radical (unpaired) electrons. The summed E-state index contributed by atoms with van der Waals surface area (Å²) in [6, 6.07) is 13.4. The lowest BCUT2D eigenvalue weighted by Crippen LogP contribution is -2.09. The van der Waals surface area contributed by atoms with E-state index in [2.05, 4.69) is 13.8 Å². The van der Waals surface area contributed by atoms with E-state index >= 15 is 0 Å². The molecule has 0 heterocycles. The third kappa shape index (κ3) is 13.3. The number of hydrogen-bond donors (Lipinski definition) is 0. The second-order valence-corrected chi connectivity index (χ2v) is 8.60. The summed E-state index contributed by atoms with van der Waals surface area (Å²) in [6.45, 7) is 9.50. The molecule has 0 atom stereocenters. The first-order valence-corrected chi connectivity index (χ1v) is 13.9. The van der Waals surface area contributed by atoms with Gasteiger partial charge in [0.05, 0.1) is 24.3 Å².